The number of pyridine rings is 1. The molecule has 0 amide bonds. The fraction of sp³-hybridized carbons (Fsp3) is 0.389. The first-order chi connectivity index (χ1) is 11.1. The summed E-state index contributed by atoms with van der Waals surface area (Å²) >= 11 is 1.55. The maximum absolute atomic E-state index is 4.88. The summed E-state index contributed by atoms with van der Waals surface area (Å²) in [4.78, 5) is 13.1. The van der Waals surface area contributed by atoms with Gasteiger partial charge in [-0.2, -0.15) is 0 Å². The molecule has 0 fully saturated rings. The lowest BCUT2D eigenvalue weighted by atomic mass is 9.96. The number of hydrogen-bond donors (Lipinski definition) is 1. The smallest absolute Gasteiger partial charge is 0.160 e. The zero-order valence-electron chi connectivity index (χ0n) is 14.6. The summed E-state index contributed by atoms with van der Waals surface area (Å²) in [6.45, 7) is 10.4. The number of aliphatic imine (C=N–C) groups is 2. The zero-order chi connectivity index (χ0) is 17.2. The Bertz CT molecular complexity index is 603. The molecule has 0 bridgehead atoms. The normalized spacial score (nSPS) is 14.6. The Morgan fingerprint density at radius 3 is 2.57 bits per heavy atom. The highest BCUT2D eigenvalue weighted by Crippen LogP contribution is 2.17. The van der Waals surface area contributed by atoms with Gasteiger partial charge in [-0.05, 0) is 43.2 Å². The average Bonchev–Trinajstić information content (AvgIpc) is 2.60. The molecule has 1 atom stereocenters. The van der Waals surface area contributed by atoms with Crippen LogP contribution in [0.5, 0.6) is 0 Å². The average molecular weight is 331 g/mol. The van der Waals surface area contributed by atoms with Gasteiger partial charge in [-0.25, -0.2) is 0 Å². The van der Waals surface area contributed by atoms with Gasteiger partial charge in [0.15, 0.2) is 5.17 Å². The molecule has 1 aromatic heterocycles. The van der Waals surface area contributed by atoms with Gasteiger partial charge in [-0.1, -0.05) is 38.3 Å². The first-order valence-corrected chi connectivity index (χ1v) is 8.92. The van der Waals surface area contributed by atoms with Crippen LogP contribution >= 0.6 is 11.8 Å². The topological polar surface area (TPSA) is 49.6 Å². The third-order valence-electron chi connectivity index (χ3n) is 3.53. The van der Waals surface area contributed by atoms with Crippen LogP contribution in [-0.4, -0.2) is 29.2 Å². The Morgan fingerprint density at radius 2 is 2.09 bits per heavy atom. The molecule has 0 saturated carbocycles. The zero-order valence-corrected chi connectivity index (χ0v) is 15.4. The van der Waals surface area contributed by atoms with Crippen molar-refractivity contribution in [2.45, 2.75) is 27.2 Å². The maximum Gasteiger partial charge on any atom is 0.160 e. The van der Waals surface area contributed by atoms with Crippen LogP contribution < -0.4 is 5.32 Å². The molecule has 1 N–H and O–H groups in total. The molecule has 1 heterocycles. The van der Waals surface area contributed by atoms with Gasteiger partial charge in [0.1, 0.15) is 0 Å². The summed E-state index contributed by atoms with van der Waals surface area (Å²) in [5.74, 6) is 0.347. The van der Waals surface area contributed by atoms with Crippen molar-refractivity contribution in [3.05, 3.63) is 54.1 Å². The minimum absolute atomic E-state index is 0.347. The predicted octanol–water partition coefficient (Wildman–Crippen LogP) is 4.27. The molecular formula is C18H26N4S. The number of allylic oxidation sites excluding steroid dienone is 1. The summed E-state index contributed by atoms with van der Waals surface area (Å²) in [5, 5.41) is 4.03. The van der Waals surface area contributed by atoms with Crippen molar-refractivity contribution in [2.75, 3.05) is 13.3 Å². The van der Waals surface area contributed by atoms with E-state index in [9.17, 15) is 0 Å². The van der Waals surface area contributed by atoms with Gasteiger partial charge in [0.05, 0.1) is 17.1 Å². The molecule has 1 unspecified atom stereocenters. The van der Waals surface area contributed by atoms with Crippen LogP contribution in [0.3, 0.4) is 0 Å². The summed E-state index contributed by atoms with van der Waals surface area (Å²) in [5.41, 5.74) is 3.71. The first kappa shape index (κ1) is 19.2. The number of amidine groups is 1. The lowest BCUT2D eigenvalue weighted by Gasteiger charge is -2.16. The van der Waals surface area contributed by atoms with E-state index < -0.39 is 0 Å². The van der Waals surface area contributed by atoms with Gasteiger partial charge in [-0.15, -0.1) is 0 Å². The molecule has 0 aromatic carbocycles. The molecule has 0 aliphatic heterocycles. The standard InChI is InChI=1S/C18H26N4S/c1-7-13(3)17(15-9-11-20-12-10-15)22-16(8-2)14(4)21-18(19-5)23-6/h8-13H,4,7H2,1-3,5-6H3,(H,19,21)/b16-8-,22-17?. The molecule has 1 rings (SSSR count). The number of rotatable bonds is 6. The summed E-state index contributed by atoms with van der Waals surface area (Å²) in [6, 6.07) is 3.99. The molecule has 0 saturated heterocycles. The first-order valence-electron chi connectivity index (χ1n) is 7.69. The second-order valence-electron chi connectivity index (χ2n) is 5.05. The van der Waals surface area contributed by atoms with Crippen molar-refractivity contribution in [1.82, 2.24) is 10.3 Å². The van der Waals surface area contributed by atoms with Crippen LogP contribution in [-0.2, 0) is 0 Å². The monoisotopic (exact) mass is 330 g/mol. The number of aromatic nitrogens is 1. The van der Waals surface area contributed by atoms with Gasteiger partial charge < -0.3 is 5.32 Å². The molecule has 1 aromatic rings. The van der Waals surface area contributed by atoms with Crippen LogP contribution in [0.1, 0.15) is 32.8 Å². The van der Waals surface area contributed by atoms with Gasteiger partial charge in [0, 0.05) is 19.4 Å². The number of nitrogens with zero attached hydrogens (tertiary/aromatic N) is 3. The van der Waals surface area contributed by atoms with Crippen LogP contribution in [0, 0.1) is 5.92 Å². The van der Waals surface area contributed by atoms with E-state index in [0.717, 1.165) is 34.3 Å². The Labute approximate surface area is 143 Å². The Balaban J connectivity index is 3.15. The van der Waals surface area contributed by atoms with Crippen LogP contribution in [0.4, 0.5) is 0 Å². The second kappa shape index (κ2) is 10.0. The van der Waals surface area contributed by atoms with Crippen LogP contribution in [0.25, 0.3) is 0 Å². The molecule has 124 valence electrons. The van der Waals surface area contributed by atoms with E-state index >= 15 is 0 Å². The van der Waals surface area contributed by atoms with Crippen LogP contribution in [0.15, 0.2) is 58.6 Å². The van der Waals surface area contributed by atoms with Crippen molar-refractivity contribution in [1.29, 1.82) is 0 Å². The molecule has 0 aliphatic carbocycles. The second-order valence-corrected chi connectivity index (χ2v) is 5.85. The lowest BCUT2D eigenvalue weighted by molar-refractivity contribution is 0.738. The van der Waals surface area contributed by atoms with Crippen molar-refractivity contribution in [3.63, 3.8) is 0 Å². The highest BCUT2D eigenvalue weighted by atomic mass is 32.2. The summed E-state index contributed by atoms with van der Waals surface area (Å²) < 4.78 is 0. The van der Waals surface area contributed by atoms with E-state index in [1.807, 2.05) is 31.4 Å². The van der Waals surface area contributed by atoms with Crippen molar-refractivity contribution in [2.24, 2.45) is 15.9 Å². The van der Waals surface area contributed by atoms with Crippen molar-refractivity contribution >= 4 is 22.6 Å². The van der Waals surface area contributed by atoms with Gasteiger partial charge >= 0.3 is 0 Å². The maximum atomic E-state index is 4.88. The summed E-state index contributed by atoms with van der Waals surface area (Å²) in [6.07, 6.45) is 8.55. The summed E-state index contributed by atoms with van der Waals surface area (Å²) in [7, 11) is 1.76. The third kappa shape index (κ3) is 5.67. The van der Waals surface area contributed by atoms with Crippen molar-refractivity contribution < 1.29 is 0 Å². The largest absolute Gasteiger partial charge is 0.334 e. The molecule has 23 heavy (non-hydrogen) atoms. The number of nitrogens with one attached hydrogen (secondary N) is 1. The number of hydrogen-bond acceptors (Lipinski definition) is 4. The fourth-order valence-corrected chi connectivity index (χ4v) is 2.41. The van der Waals surface area contributed by atoms with Gasteiger partial charge in [0.2, 0.25) is 0 Å². The third-order valence-corrected chi connectivity index (χ3v) is 4.20. The van der Waals surface area contributed by atoms with Gasteiger partial charge in [0.25, 0.3) is 0 Å². The predicted molar refractivity (Wildman–Crippen MR) is 103 cm³/mol. The minimum Gasteiger partial charge on any atom is -0.334 e. The Kier molecular flexibility index (Phi) is 8.33. The molecular weight excluding hydrogens is 304 g/mol. The van der Waals surface area contributed by atoms with E-state index in [0.29, 0.717) is 5.92 Å². The molecule has 0 radical (unpaired) electrons. The molecule has 4 nitrogen and oxygen atoms in total. The van der Waals surface area contributed by atoms with E-state index in [-0.39, 0.29) is 0 Å². The minimum atomic E-state index is 0.347. The van der Waals surface area contributed by atoms with Gasteiger partial charge in [-0.3, -0.25) is 15.0 Å². The fourth-order valence-electron chi connectivity index (χ4n) is 2.00. The molecule has 0 spiro atoms. The molecule has 0 aliphatic rings. The van der Waals surface area contributed by atoms with E-state index in [4.69, 9.17) is 4.99 Å². The highest BCUT2D eigenvalue weighted by molar-refractivity contribution is 8.13. The number of thioether (sulfide) groups is 1. The molecule has 5 heteroatoms. The van der Waals surface area contributed by atoms with E-state index in [2.05, 4.69) is 35.7 Å². The highest BCUT2D eigenvalue weighted by Gasteiger charge is 2.13. The van der Waals surface area contributed by atoms with E-state index in [1.54, 1.807) is 31.2 Å². The SMILES string of the molecule is C=C(NC(=NC)SC)/C(=C/C)N=C(c1ccncc1)C(C)CC. The Hall–Kier alpha value is -1.88. The lowest BCUT2D eigenvalue weighted by Crippen LogP contribution is -2.21. The van der Waals surface area contributed by atoms with Crippen LogP contribution in [0.2, 0.25) is 0 Å². The van der Waals surface area contributed by atoms with E-state index in [1.165, 1.54) is 0 Å². The Morgan fingerprint density at radius 1 is 1.43 bits per heavy atom. The van der Waals surface area contributed by atoms with Crippen molar-refractivity contribution in [3.8, 4) is 0 Å². The quantitative estimate of drug-likeness (QED) is 0.481.